The summed E-state index contributed by atoms with van der Waals surface area (Å²) in [5, 5.41) is 8.14. The van der Waals surface area contributed by atoms with Crippen molar-refractivity contribution in [2.75, 3.05) is 0 Å². The van der Waals surface area contributed by atoms with Gasteiger partial charge in [0, 0.05) is 6.42 Å². The average molecular weight is 201 g/mol. The number of hydrogen-bond acceptors (Lipinski definition) is 3. The quantitative estimate of drug-likeness (QED) is 0.422. The molecule has 0 amide bonds. The lowest BCUT2D eigenvalue weighted by Gasteiger charge is -1.89. The molecule has 0 aliphatic carbocycles. The Balaban J connectivity index is 0. The van der Waals surface area contributed by atoms with E-state index in [1.807, 2.05) is 13.8 Å². The first-order valence-corrected chi connectivity index (χ1v) is 4.83. The van der Waals surface area contributed by atoms with Crippen LogP contribution in [0.5, 0.6) is 0 Å². The van der Waals surface area contributed by atoms with Gasteiger partial charge < -0.3 is 5.11 Å². The average Bonchev–Trinajstić information content (AvgIpc) is 2.05. The Bertz CT molecular complexity index is 184. The van der Waals surface area contributed by atoms with E-state index in [-0.39, 0.29) is 6.04 Å². The highest BCUT2D eigenvalue weighted by molar-refractivity contribution is 5.66. The number of aliphatic imine (C=N–C) groups is 1. The Morgan fingerprint density at radius 2 is 2.00 bits per heavy atom. The predicted molar refractivity (Wildman–Crippen MR) is 55.0 cm³/mol. The monoisotopic (exact) mass is 201 g/mol. The maximum absolute atomic E-state index is 9.87. The molecule has 1 N–H and O–H groups in total. The van der Waals surface area contributed by atoms with Crippen LogP contribution in [-0.4, -0.2) is 23.2 Å². The molecular formula is C10H19NO3. The van der Waals surface area contributed by atoms with Crippen LogP contribution in [0.15, 0.2) is 4.99 Å². The molecule has 0 saturated carbocycles. The fraction of sp³-hybridized carbons (Fsp3) is 0.800. The van der Waals surface area contributed by atoms with E-state index in [4.69, 9.17) is 5.11 Å². The summed E-state index contributed by atoms with van der Waals surface area (Å²) in [5.41, 5.74) is 0. The van der Waals surface area contributed by atoms with Gasteiger partial charge in [-0.15, -0.1) is 0 Å². The number of hydrogen-bond donors (Lipinski definition) is 1. The third-order valence-corrected chi connectivity index (χ3v) is 1.31. The molecule has 0 aromatic heterocycles. The first-order chi connectivity index (χ1) is 6.54. The molecule has 0 radical (unpaired) electrons. The fourth-order valence-corrected chi connectivity index (χ4v) is 0.632. The fourth-order valence-electron chi connectivity index (χ4n) is 0.632. The highest BCUT2D eigenvalue weighted by Crippen LogP contribution is 1.97. The number of carboxylic acids is 1. The van der Waals surface area contributed by atoms with E-state index in [1.54, 1.807) is 0 Å². The van der Waals surface area contributed by atoms with Crippen LogP contribution in [0.4, 0.5) is 0 Å². The number of unbranched alkanes of at least 4 members (excludes halogenated alkanes) is 2. The Labute approximate surface area is 85.0 Å². The summed E-state index contributed by atoms with van der Waals surface area (Å²) in [6.07, 6.45) is 4.72. The number of isocyanates is 1. The van der Waals surface area contributed by atoms with Crippen LogP contribution in [0, 0.1) is 0 Å². The van der Waals surface area contributed by atoms with Crippen LogP contribution in [-0.2, 0) is 9.59 Å². The van der Waals surface area contributed by atoms with E-state index in [2.05, 4.69) is 11.9 Å². The maximum atomic E-state index is 9.87. The van der Waals surface area contributed by atoms with Crippen LogP contribution < -0.4 is 0 Å². The minimum Gasteiger partial charge on any atom is -0.481 e. The first kappa shape index (κ1) is 15.3. The first-order valence-electron chi connectivity index (χ1n) is 4.83. The molecule has 0 saturated heterocycles. The number of nitrogens with zero attached hydrogens (tertiary/aromatic N) is 1. The summed E-state index contributed by atoms with van der Waals surface area (Å²) in [7, 11) is 0. The molecule has 0 spiro atoms. The van der Waals surface area contributed by atoms with Crippen molar-refractivity contribution < 1.29 is 14.7 Å². The number of carbonyl (C=O) groups excluding carboxylic acids is 1. The molecule has 4 heteroatoms. The largest absolute Gasteiger partial charge is 0.481 e. The number of rotatable bonds is 5. The van der Waals surface area contributed by atoms with Crippen molar-refractivity contribution in [2.45, 2.75) is 52.5 Å². The second-order valence-corrected chi connectivity index (χ2v) is 3.16. The van der Waals surface area contributed by atoms with Gasteiger partial charge in [-0.2, -0.15) is 0 Å². The molecule has 0 unspecified atom stereocenters. The summed E-state index contributed by atoms with van der Waals surface area (Å²) in [5.74, 6) is -0.682. The lowest BCUT2D eigenvalue weighted by Crippen LogP contribution is -1.92. The van der Waals surface area contributed by atoms with Crippen molar-refractivity contribution in [1.82, 2.24) is 0 Å². The van der Waals surface area contributed by atoms with E-state index in [0.717, 1.165) is 19.3 Å². The van der Waals surface area contributed by atoms with Crippen molar-refractivity contribution in [3.8, 4) is 0 Å². The third kappa shape index (κ3) is 22.4. The Morgan fingerprint density at radius 1 is 1.43 bits per heavy atom. The molecule has 0 bridgehead atoms. The maximum Gasteiger partial charge on any atom is 0.303 e. The van der Waals surface area contributed by atoms with E-state index in [1.165, 1.54) is 6.08 Å². The van der Waals surface area contributed by atoms with Gasteiger partial charge in [0.15, 0.2) is 0 Å². The number of aliphatic carboxylic acids is 1. The summed E-state index contributed by atoms with van der Waals surface area (Å²) < 4.78 is 0. The van der Waals surface area contributed by atoms with Crippen molar-refractivity contribution in [2.24, 2.45) is 4.99 Å². The number of carboxylic acid groups (broad SMARTS) is 1. The SMILES string of the molecule is CC(C)N=C=O.CCCCCC(=O)O. The molecule has 0 fully saturated rings. The highest BCUT2D eigenvalue weighted by atomic mass is 16.4. The molecule has 0 atom stereocenters. The standard InChI is InChI=1S/C6H12O2.C4H7NO/c1-2-3-4-5-6(7)8;1-4(2)5-3-6/h2-5H2,1H3,(H,7,8);4H,1-2H3. The zero-order valence-electron chi connectivity index (χ0n) is 9.12. The molecule has 0 rings (SSSR count). The van der Waals surface area contributed by atoms with Gasteiger partial charge in [0.05, 0.1) is 6.04 Å². The Morgan fingerprint density at radius 3 is 2.21 bits per heavy atom. The minimum atomic E-state index is -0.682. The molecule has 0 heterocycles. The van der Waals surface area contributed by atoms with E-state index < -0.39 is 5.97 Å². The summed E-state index contributed by atoms with van der Waals surface area (Å²) in [6, 6.07) is 0.0995. The van der Waals surface area contributed by atoms with Gasteiger partial charge in [0.2, 0.25) is 6.08 Å². The summed E-state index contributed by atoms with van der Waals surface area (Å²) in [6.45, 7) is 5.71. The molecule has 0 aromatic rings. The van der Waals surface area contributed by atoms with Gasteiger partial charge in [0.25, 0.3) is 0 Å². The van der Waals surface area contributed by atoms with Gasteiger partial charge in [-0.05, 0) is 20.3 Å². The van der Waals surface area contributed by atoms with Crippen LogP contribution in [0.1, 0.15) is 46.5 Å². The zero-order valence-corrected chi connectivity index (χ0v) is 9.12. The van der Waals surface area contributed by atoms with Crippen LogP contribution in [0.25, 0.3) is 0 Å². The molecule has 14 heavy (non-hydrogen) atoms. The topological polar surface area (TPSA) is 66.7 Å². The van der Waals surface area contributed by atoms with E-state index in [9.17, 15) is 9.59 Å². The number of carbonyl (C=O) groups is 1. The molecule has 0 aliphatic rings. The highest BCUT2D eigenvalue weighted by Gasteiger charge is 1.92. The van der Waals surface area contributed by atoms with Gasteiger partial charge in [-0.3, -0.25) is 4.79 Å². The molecule has 82 valence electrons. The van der Waals surface area contributed by atoms with Crippen molar-refractivity contribution >= 4 is 12.0 Å². The van der Waals surface area contributed by atoms with Crippen molar-refractivity contribution in [3.63, 3.8) is 0 Å². The Hall–Kier alpha value is -1.15. The minimum absolute atomic E-state index is 0.0995. The van der Waals surface area contributed by atoms with Gasteiger partial charge in [0.1, 0.15) is 0 Å². The van der Waals surface area contributed by atoms with Crippen molar-refractivity contribution in [3.05, 3.63) is 0 Å². The van der Waals surface area contributed by atoms with Crippen molar-refractivity contribution in [1.29, 1.82) is 0 Å². The van der Waals surface area contributed by atoms with Crippen LogP contribution in [0.2, 0.25) is 0 Å². The summed E-state index contributed by atoms with van der Waals surface area (Å²) in [4.78, 5) is 22.5. The lowest BCUT2D eigenvalue weighted by molar-refractivity contribution is -0.137. The normalized spacial score (nSPS) is 8.57. The van der Waals surface area contributed by atoms with Crippen LogP contribution >= 0.6 is 0 Å². The van der Waals surface area contributed by atoms with E-state index >= 15 is 0 Å². The molecular weight excluding hydrogens is 182 g/mol. The van der Waals surface area contributed by atoms with Gasteiger partial charge in [-0.1, -0.05) is 19.8 Å². The summed E-state index contributed by atoms with van der Waals surface area (Å²) >= 11 is 0. The second-order valence-electron chi connectivity index (χ2n) is 3.16. The molecule has 0 aliphatic heterocycles. The molecule has 0 aromatic carbocycles. The third-order valence-electron chi connectivity index (χ3n) is 1.31. The van der Waals surface area contributed by atoms with Crippen LogP contribution in [0.3, 0.4) is 0 Å². The van der Waals surface area contributed by atoms with Gasteiger partial charge >= 0.3 is 5.97 Å². The Kier molecular flexibility index (Phi) is 13.0. The predicted octanol–water partition coefficient (Wildman–Crippen LogP) is 2.38. The second kappa shape index (κ2) is 11.8. The van der Waals surface area contributed by atoms with E-state index in [0.29, 0.717) is 6.42 Å². The van der Waals surface area contributed by atoms with Gasteiger partial charge in [-0.25, -0.2) is 9.79 Å². The smallest absolute Gasteiger partial charge is 0.303 e. The zero-order chi connectivity index (χ0) is 11.4. The molecule has 4 nitrogen and oxygen atoms in total. The lowest BCUT2D eigenvalue weighted by atomic mass is 10.2.